The van der Waals surface area contributed by atoms with Gasteiger partial charge in [0.1, 0.15) is 5.02 Å². The van der Waals surface area contributed by atoms with E-state index in [-0.39, 0.29) is 21.4 Å². The van der Waals surface area contributed by atoms with Crippen molar-refractivity contribution >= 4 is 35.1 Å². The minimum Gasteiger partial charge on any atom is -0.489 e. The number of rotatable bonds is 5. The highest BCUT2D eigenvalue weighted by molar-refractivity contribution is 6.42. The highest BCUT2D eigenvalue weighted by Gasteiger charge is 2.29. The molecule has 1 N–H and O–H groups in total. The highest BCUT2D eigenvalue weighted by atomic mass is 35.5. The predicted molar refractivity (Wildman–Crippen MR) is 114 cm³/mol. The maximum absolute atomic E-state index is 12.8. The standard InChI is InChI=1S/C20H26Cl2N2O4/c1-11(2)9-28-17-12-7-14(21)15(22)16(25)13(12)8-24(10-20(3,4)5)18(17)23(6)19(26)27/h7-8,11H,9-10H2,1-6H3,(H,26,27). The van der Waals surface area contributed by atoms with Gasteiger partial charge in [-0.1, -0.05) is 57.8 Å². The van der Waals surface area contributed by atoms with Crippen LogP contribution in [0.2, 0.25) is 10.0 Å². The molecule has 0 spiro atoms. The number of fused-ring (bicyclic) bond motifs is 1. The largest absolute Gasteiger partial charge is 0.489 e. The summed E-state index contributed by atoms with van der Waals surface area (Å²) in [5, 5.41) is 9.67. The Kier molecular flexibility index (Phi) is 6.56. The van der Waals surface area contributed by atoms with Crippen LogP contribution in [0.3, 0.4) is 0 Å². The van der Waals surface area contributed by atoms with Crippen LogP contribution in [0.25, 0.3) is 11.1 Å². The van der Waals surface area contributed by atoms with E-state index in [0.717, 1.165) is 4.90 Å². The summed E-state index contributed by atoms with van der Waals surface area (Å²) in [4.78, 5) is 25.6. The Hall–Kier alpha value is -1.92. The van der Waals surface area contributed by atoms with Crippen LogP contribution < -0.4 is 15.1 Å². The van der Waals surface area contributed by atoms with Crippen LogP contribution in [0.15, 0.2) is 17.1 Å². The number of aromatic nitrogens is 1. The Balaban J connectivity index is 2.94. The second-order valence-electron chi connectivity index (χ2n) is 8.48. The molecule has 6 nitrogen and oxygen atoms in total. The van der Waals surface area contributed by atoms with Gasteiger partial charge in [-0.3, -0.25) is 9.69 Å². The Labute approximate surface area is 175 Å². The molecule has 1 heterocycles. The lowest BCUT2D eigenvalue weighted by Crippen LogP contribution is -2.31. The molecule has 28 heavy (non-hydrogen) atoms. The van der Waals surface area contributed by atoms with E-state index in [1.165, 1.54) is 7.05 Å². The van der Waals surface area contributed by atoms with Crippen molar-refractivity contribution < 1.29 is 14.6 Å². The molecule has 0 aromatic rings. The number of hydrogen-bond donors (Lipinski definition) is 1. The van der Waals surface area contributed by atoms with Crippen LogP contribution in [0.1, 0.15) is 34.6 Å². The van der Waals surface area contributed by atoms with E-state index in [1.54, 1.807) is 16.8 Å². The molecule has 2 rings (SSSR count). The number of pyridine rings is 1. The third kappa shape index (κ3) is 4.73. The van der Waals surface area contributed by atoms with Crippen LogP contribution in [0.4, 0.5) is 10.6 Å². The van der Waals surface area contributed by atoms with Crippen LogP contribution >= 0.6 is 23.2 Å². The predicted octanol–water partition coefficient (Wildman–Crippen LogP) is 5.46. The van der Waals surface area contributed by atoms with Gasteiger partial charge < -0.3 is 14.4 Å². The summed E-state index contributed by atoms with van der Waals surface area (Å²) in [5.41, 5.74) is 0.181. The first-order valence-corrected chi connectivity index (χ1v) is 9.73. The molecule has 0 aromatic heterocycles. The Morgan fingerprint density at radius 3 is 2.39 bits per heavy atom. The van der Waals surface area contributed by atoms with Gasteiger partial charge in [0.2, 0.25) is 5.43 Å². The third-order valence-electron chi connectivity index (χ3n) is 4.03. The fourth-order valence-electron chi connectivity index (χ4n) is 2.86. The quantitative estimate of drug-likeness (QED) is 0.686. The molecule has 1 aliphatic heterocycles. The fourth-order valence-corrected chi connectivity index (χ4v) is 3.21. The van der Waals surface area contributed by atoms with Crippen molar-refractivity contribution in [3.63, 3.8) is 0 Å². The van der Waals surface area contributed by atoms with E-state index in [9.17, 15) is 14.7 Å². The Bertz CT molecular complexity index is 916. The Morgan fingerprint density at radius 1 is 1.29 bits per heavy atom. The van der Waals surface area contributed by atoms with Crippen molar-refractivity contribution in [2.75, 3.05) is 18.6 Å². The number of carboxylic acid groups (broad SMARTS) is 1. The second kappa shape index (κ2) is 8.21. The van der Waals surface area contributed by atoms with Gasteiger partial charge in [-0.15, -0.1) is 0 Å². The van der Waals surface area contributed by atoms with Gasteiger partial charge >= 0.3 is 6.09 Å². The van der Waals surface area contributed by atoms with Gasteiger partial charge in [0, 0.05) is 25.4 Å². The average Bonchev–Trinajstić information content (AvgIpc) is 2.56. The van der Waals surface area contributed by atoms with Crippen molar-refractivity contribution in [1.82, 2.24) is 4.57 Å². The lowest BCUT2D eigenvalue weighted by Gasteiger charge is -2.30. The van der Waals surface area contributed by atoms with E-state index in [2.05, 4.69) is 0 Å². The summed E-state index contributed by atoms with van der Waals surface area (Å²) in [6.45, 7) is 10.9. The number of hydrogen-bond acceptors (Lipinski definition) is 3. The van der Waals surface area contributed by atoms with E-state index in [4.69, 9.17) is 27.9 Å². The van der Waals surface area contributed by atoms with Gasteiger partial charge in [-0.25, -0.2) is 4.79 Å². The first-order chi connectivity index (χ1) is 12.8. The van der Waals surface area contributed by atoms with Crippen LogP contribution in [0.5, 0.6) is 5.75 Å². The number of carbonyl (C=O) groups is 1. The van der Waals surface area contributed by atoms with Gasteiger partial charge in [0.05, 0.1) is 17.2 Å². The molecule has 0 saturated carbocycles. The van der Waals surface area contributed by atoms with E-state index >= 15 is 0 Å². The normalized spacial score (nSPS) is 11.9. The van der Waals surface area contributed by atoms with Gasteiger partial charge in [-0.2, -0.15) is 0 Å². The molecular weight excluding hydrogens is 403 g/mol. The summed E-state index contributed by atoms with van der Waals surface area (Å²) in [5.74, 6) is 0.841. The summed E-state index contributed by atoms with van der Waals surface area (Å²) >= 11 is 12.2. The zero-order chi connectivity index (χ0) is 21.4. The molecule has 0 saturated heterocycles. The first-order valence-electron chi connectivity index (χ1n) is 8.98. The minimum absolute atomic E-state index is 0.0642. The van der Waals surface area contributed by atoms with Crippen molar-refractivity contribution in [2.45, 2.75) is 41.2 Å². The zero-order valence-corrected chi connectivity index (χ0v) is 18.5. The molecule has 2 aliphatic rings. The maximum Gasteiger partial charge on any atom is 0.412 e. The molecule has 0 bridgehead atoms. The molecule has 8 heteroatoms. The monoisotopic (exact) mass is 428 g/mol. The molecule has 0 atom stereocenters. The molecule has 1 amide bonds. The van der Waals surface area contributed by atoms with Crippen LogP contribution in [-0.4, -0.2) is 29.4 Å². The topological polar surface area (TPSA) is 71.8 Å². The van der Waals surface area contributed by atoms with E-state index in [1.807, 2.05) is 34.6 Å². The molecule has 154 valence electrons. The van der Waals surface area contributed by atoms with Gasteiger partial charge in [0.25, 0.3) is 0 Å². The molecule has 0 fully saturated rings. The summed E-state index contributed by atoms with van der Waals surface area (Å²) < 4.78 is 7.76. The average molecular weight is 429 g/mol. The lowest BCUT2D eigenvalue weighted by molar-refractivity contribution is 0.201. The number of benzene rings is 1. The molecular formula is C20H26Cl2N2O4. The molecule has 0 radical (unpaired) electrons. The highest BCUT2D eigenvalue weighted by Crippen LogP contribution is 2.42. The van der Waals surface area contributed by atoms with Crippen LogP contribution in [-0.2, 0) is 6.54 Å². The molecule has 0 aromatic carbocycles. The summed E-state index contributed by atoms with van der Waals surface area (Å²) in [7, 11) is 1.44. The summed E-state index contributed by atoms with van der Waals surface area (Å²) in [6.07, 6.45) is 0.487. The third-order valence-corrected chi connectivity index (χ3v) is 4.80. The van der Waals surface area contributed by atoms with Crippen molar-refractivity contribution in [3.05, 3.63) is 32.5 Å². The molecule has 0 unspecified atom stereocenters. The van der Waals surface area contributed by atoms with Gasteiger partial charge in [0.15, 0.2) is 11.6 Å². The first kappa shape index (κ1) is 22.4. The lowest BCUT2D eigenvalue weighted by atomic mass is 9.95. The number of halogens is 2. The van der Waals surface area contributed by atoms with E-state index in [0.29, 0.717) is 35.8 Å². The number of ether oxygens (including phenoxy) is 1. The van der Waals surface area contributed by atoms with Crippen molar-refractivity contribution in [1.29, 1.82) is 0 Å². The van der Waals surface area contributed by atoms with Crippen molar-refractivity contribution in [3.8, 4) is 16.9 Å². The number of amides is 1. The number of anilines is 1. The maximum atomic E-state index is 12.8. The van der Waals surface area contributed by atoms with Crippen molar-refractivity contribution in [2.24, 2.45) is 11.3 Å². The van der Waals surface area contributed by atoms with Gasteiger partial charge in [-0.05, 0) is 17.4 Å². The van der Waals surface area contributed by atoms with Crippen LogP contribution in [0, 0.1) is 11.3 Å². The smallest absolute Gasteiger partial charge is 0.412 e. The zero-order valence-electron chi connectivity index (χ0n) is 17.0. The van der Waals surface area contributed by atoms with E-state index < -0.39 is 11.5 Å². The molecule has 1 aliphatic carbocycles. The summed E-state index contributed by atoms with van der Waals surface area (Å²) in [6, 6.07) is 1.55. The second-order valence-corrected chi connectivity index (χ2v) is 9.26. The Morgan fingerprint density at radius 2 is 1.89 bits per heavy atom. The SMILES string of the molecule is CC(C)COc1c2cc(Cl)c(Cl)c(=O)c-2cn(CC(C)(C)C)c1N(C)C(=O)O. The minimum atomic E-state index is -1.14. The fraction of sp³-hybridized carbons (Fsp3) is 0.500. The number of nitrogens with zero attached hydrogens (tertiary/aromatic N) is 2.